The van der Waals surface area contributed by atoms with Gasteiger partial charge in [-0.25, -0.2) is 0 Å². The Morgan fingerprint density at radius 2 is 1.50 bits per heavy atom. The maximum Gasteiger partial charge on any atom is 0.243 e. The Morgan fingerprint density at radius 3 is 2.14 bits per heavy atom. The van der Waals surface area contributed by atoms with Gasteiger partial charge in [0.2, 0.25) is 11.8 Å². The van der Waals surface area contributed by atoms with Crippen LogP contribution in [0.1, 0.15) is 55.9 Å². The van der Waals surface area contributed by atoms with Crippen LogP contribution < -0.4 is 5.32 Å². The van der Waals surface area contributed by atoms with Gasteiger partial charge in [-0.05, 0) is 54.5 Å². The molecule has 36 heavy (non-hydrogen) atoms. The summed E-state index contributed by atoms with van der Waals surface area (Å²) >= 11 is 6.49. The molecule has 3 aromatic carbocycles. The molecule has 0 spiro atoms. The van der Waals surface area contributed by atoms with E-state index in [9.17, 15) is 9.59 Å². The second kappa shape index (κ2) is 13.8. The molecule has 0 aromatic heterocycles. The summed E-state index contributed by atoms with van der Waals surface area (Å²) in [6.07, 6.45) is 3.17. The van der Waals surface area contributed by atoms with Crippen molar-refractivity contribution in [2.24, 2.45) is 0 Å². The second-order valence-electron chi connectivity index (χ2n) is 9.31. The highest BCUT2D eigenvalue weighted by Crippen LogP contribution is 2.22. The Bertz CT molecular complexity index is 1110. The minimum atomic E-state index is -0.646. The average Bonchev–Trinajstić information content (AvgIpc) is 2.91. The van der Waals surface area contributed by atoms with Crippen molar-refractivity contribution >= 4 is 23.4 Å². The number of rotatable bonds is 12. The van der Waals surface area contributed by atoms with E-state index in [1.165, 1.54) is 5.56 Å². The maximum atomic E-state index is 13.7. The number of nitrogens with one attached hydrogen (secondary N) is 1. The molecule has 0 aliphatic rings. The van der Waals surface area contributed by atoms with Gasteiger partial charge in [-0.1, -0.05) is 98.2 Å². The van der Waals surface area contributed by atoms with Crippen molar-refractivity contribution in [3.63, 3.8) is 0 Å². The van der Waals surface area contributed by atoms with Gasteiger partial charge in [-0.15, -0.1) is 0 Å². The summed E-state index contributed by atoms with van der Waals surface area (Å²) < 4.78 is 0. The van der Waals surface area contributed by atoms with Gasteiger partial charge in [0, 0.05) is 30.5 Å². The van der Waals surface area contributed by atoms with Gasteiger partial charge < -0.3 is 10.2 Å². The molecule has 3 aromatic rings. The molecule has 2 atom stereocenters. The Labute approximate surface area is 220 Å². The fourth-order valence-corrected chi connectivity index (χ4v) is 4.34. The summed E-state index contributed by atoms with van der Waals surface area (Å²) in [5.41, 5.74) is 4.22. The number of nitrogens with zero attached hydrogens (tertiary/aromatic N) is 1. The highest BCUT2D eigenvalue weighted by Gasteiger charge is 2.31. The minimum absolute atomic E-state index is 0.0186. The minimum Gasteiger partial charge on any atom is -0.352 e. The van der Waals surface area contributed by atoms with E-state index in [1.807, 2.05) is 68.4 Å². The van der Waals surface area contributed by atoms with Gasteiger partial charge in [0.1, 0.15) is 6.04 Å². The first-order valence-electron chi connectivity index (χ1n) is 12.9. The number of carbonyl (C=O) groups excluding carboxylic acids is 2. The predicted molar refractivity (Wildman–Crippen MR) is 148 cm³/mol. The Balaban J connectivity index is 1.90. The average molecular weight is 505 g/mol. The molecule has 0 saturated carbocycles. The second-order valence-corrected chi connectivity index (χ2v) is 9.71. The lowest BCUT2D eigenvalue weighted by Gasteiger charge is -2.32. The number of aryl methyl sites for hydroxylation is 2. The third kappa shape index (κ3) is 7.96. The topological polar surface area (TPSA) is 49.4 Å². The molecular weight excluding hydrogens is 468 g/mol. The van der Waals surface area contributed by atoms with Crippen LogP contribution in [0.3, 0.4) is 0 Å². The third-order valence-electron chi connectivity index (χ3n) is 6.63. The van der Waals surface area contributed by atoms with Crippen LogP contribution in [0, 0.1) is 0 Å². The van der Waals surface area contributed by atoms with Gasteiger partial charge >= 0.3 is 0 Å². The van der Waals surface area contributed by atoms with Crippen molar-refractivity contribution in [3.8, 4) is 0 Å². The Kier molecular flexibility index (Phi) is 10.6. The molecule has 2 unspecified atom stereocenters. The normalized spacial score (nSPS) is 12.6. The Hall–Kier alpha value is -3.11. The lowest BCUT2D eigenvalue weighted by atomic mass is 10.0. The fourth-order valence-electron chi connectivity index (χ4n) is 4.14. The zero-order valence-electron chi connectivity index (χ0n) is 21.5. The third-order valence-corrected chi connectivity index (χ3v) is 7.00. The number of halogens is 1. The zero-order chi connectivity index (χ0) is 25.9. The molecule has 0 heterocycles. The summed E-state index contributed by atoms with van der Waals surface area (Å²) in [6.45, 7) is 6.42. The van der Waals surface area contributed by atoms with Gasteiger partial charge in [0.25, 0.3) is 0 Å². The van der Waals surface area contributed by atoms with Crippen molar-refractivity contribution < 1.29 is 9.59 Å². The smallest absolute Gasteiger partial charge is 0.243 e. The van der Waals surface area contributed by atoms with Crippen LogP contribution in [0.25, 0.3) is 0 Å². The van der Waals surface area contributed by atoms with E-state index in [0.29, 0.717) is 24.3 Å². The molecule has 0 fully saturated rings. The van der Waals surface area contributed by atoms with Crippen LogP contribution in [0.15, 0.2) is 78.9 Å². The molecule has 190 valence electrons. The summed E-state index contributed by atoms with van der Waals surface area (Å²) in [6, 6.07) is 25.1. The number of hydrogen-bond donors (Lipinski definition) is 1. The molecule has 0 aliphatic carbocycles. The monoisotopic (exact) mass is 504 g/mol. The molecule has 4 nitrogen and oxygen atoms in total. The van der Waals surface area contributed by atoms with Gasteiger partial charge in [-0.3, -0.25) is 9.59 Å². The van der Waals surface area contributed by atoms with E-state index in [4.69, 9.17) is 11.6 Å². The van der Waals surface area contributed by atoms with Crippen molar-refractivity contribution in [1.82, 2.24) is 10.2 Å². The van der Waals surface area contributed by atoms with Crippen molar-refractivity contribution in [3.05, 3.63) is 106 Å². The number of benzene rings is 3. The quantitative estimate of drug-likeness (QED) is 0.310. The first-order chi connectivity index (χ1) is 17.4. The first-order valence-corrected chi connectivity index (χ1v) is 13.2. The summed E-state index contributed by atoms with van der Waals surface area (Å²) in [5.74, 6) is -0.198. The van der Waals surface area contributed by atoms with Crippen LogP contribution in [-0.4, -0.2) is 28.8 Å². The SMILES string of the molecule is CCc1ccc(CCC(=O)N(Cc2ccccc2Cl)C(Cc2ccccc2)C(=O)NC(C)CC)cc1. The highest BCUT2D eigenvalue weighted by molar-refractivity contribution is 6.31. The van der Waals surface area contributed by atoms with E-state index in [1.54, 1.807) is 4.90 Å². The molecule has 0 aliphatic heterocycles. The molecule has 2 amide bonds. The van der Waals surface area contributed by atoms with Crippen molar-refractivity contribution in [2.75, 3.05) is 0 Å². The van der Waals surface area contributed by atoms with E-state index in [-0.39, 0.29) is 24.4 Å². The van der Waals surface area contributed by atoms with Crippen LogP contribution in [0.2, 0.25) is 5.02 Å². The standard InChI is InChI=1S/C31H37ClN2O2/c1-4-23(3)33-31(36)29(21-26-11-7-6-8-12-26)34(22-27-13-9-10-14-28(27)32)30(35)20-19-25-17-15-24(5-2)16-18-25/h6-18,23,29H,4-5,19-22H2,1-3H3,(H,33,36). The summed E-state index contributed by atoms with van der Waals surface area (Å²) in [5, 5.41) is 3.70. The van der Waals surface area contributed by atoms with E-state index in [0.717, 1.165) is 29.5 Å². The lowest BCUT2D eigenvalue weighted by molar-refractivity contribution is -0.141. The number of amides is 2. The molecular formula is C31H37ClN2O2. The first kappa shape index (κ1) is 27.5. The lowest BCUT2D eigenvalue weighted by Crippen LogP contribution is -2.52. The van der Waals surface area contributed by atoms with Crippen LogP contribution in [0.5, 0.6) is 0 Å². The molecule has 0 bridgehead atoms. The molecule has 0 saturated heterocycles. The molecule has 0 radical (unpaired) electrons. The zero-order valence-corrected chi connectivity index (χ0v) is 22.3. The summed E-state index contributed by atoms with van der Waals surface area (Å²) in [7, 11) is 0. The number of carbonyl (C=O) groups is 2. The van der Waals surface area contributed by atoms with Gasteiger partial charge in [0.15, 0.2) is 0 Å². The van der Waals surface area contributed by atoms with Crippen molar-refractivity contribution in [1.29, 1.82) is 0 Å². The maximum absolute atomic E-state index is 13.7. The fraction of sp³-hybridized carbons (Fsp3) is 0.355. The number of hydrogen-bond acceptors (Lipinski definition) is 2. The molecule has 1 N–H and O–H groups in total. The molecule has 5 heteroatoms. The molecule has 3 rings (SSSR count). The predicted octanol–water partition coefficient (Wildman–Crippen LogP) is 6.39. The van der Waals surface area contributed by atoms with Crippen LogP contribution in [0.4, 0.5) is 0 Å². The van der Waals surface area contributed by atoms with E-state index in [2.05, 4.69) is 36.5 Å². The largest absolute Gasteiger partial charge is 0.352 e. The van der Waals surface area contributed by atoms with Crippen LogP contribution >= 0.6 is 11.6 Å². The van der Waals surface area contributed by atoms with Gasteiger partial charge in [-0.2, -0.15) is 0 Å². The summed E-state index contributed by atoms with van der Waals surface area (Å²) in [4.78, 5) is 29.0. The van der Waals surface area contributed by atoms with Crippen molar-refractivity contribution in [2.45, 2.75) is 71.5 Å². The van der Waals surface area contributed by atoms with Gasteiger partial charge in [0.05, 0.1) is 0 Å². The highest BCUT2D eigenvalue weighted by atomic mass is 35.5. The van der Waals surface area contributed by atoms with E-state index < -0.39 is 6.04 Å². The van der Waals surface area contributed by atoms with Crippen LogP contribution in [-0.2, 0) is 35.4 Å². The van der Waals surface area contributed by atoms with E-state index >= 15 is 0 Å². The Morgan fingerprint density at radius 1 is 0.861 bits per heavy atom.